The minimum absolute atomic E-state index is 0.113. The SMILES string of the molecule is CCOC(=O)C1C(Cl)=CC(CCC=O)N=C1C. The molecule has 2 atom stereocenters. The highest BCUT2D eigenvalue weighted by Crippen LogP contribution is 2.26. The molecule has 0 aliphatic carbocycles. The topological polar surface area (TPSA) is 55.7 Å². The molecule has 0 saturated heterocycles. The number of halogens is 1. The van der Waals surface area contributed by atoms with E-state index in [0.29, 0.717) is 30.2 Å². The van der Waals surface area contributed by atoms with Gasteiger partial charge in [0, 0.05) is 17.2 Å². The van der Waals surface area contributed by atoms with E-state index in [1.54, 1.807) is 19.9 Å². The zero-order valence-electron chi connectivity index (χ0n) is 9.98. The molecule has 2 unspecified atom stereocenters. The molecule has 0 spiro atoms. The zero-order valence-corrected chi connectivity index (χ0v) is 10.7. The molecule has 94 valence electrons. The van der Waals surface area contributed by atoms with Crippen LogP contribution in [-0.4, -0.2) is 30.6 Å². The van der Waals surface area contributed by atoms with Crippen molar-refractivity contribution in [1.82, 2.24) is 0 Å². The summed E-state index contributed by atoms with van der Waals surface area (Å²) in [5.74, 6) is -0.951. The van der Waals surface area contributed by atoms with Crippen molar-refractivity contribution in [3.8, 4) is 0 Å². The van der Waals surface area contributed by atoms with E-state index in [9.17, 15) is 9.59 Å². The van der Waals surface area contributed by atoms with Crippen molar-refractivity contribution in [2.75, 3.05) is 6.61 Å². The molecule has 0 aromatic rings. The molecule has 1 heterocycles. The van der Waals surface area contributed by atoms with Crippen molar-refractivity contribution in [3.05, 3.63) is 11.1 Å². The predicted molar refractivity (Wildman–Crippen MR) is 66.3 cm³/mol. The van der Waals surface area contributed by atoms with Gasteiger partial charge in [-0.05, 0) is 26.3 Å². The molecule has 4 nitrogen and oxygen atoms in total. The van der Waals surface area contributed by atoms with Crippen LogP contribution >= 0.6 is 11.6 Å². The maximum atomic E-state index is 11.7. The second-order valence-corrected chi connectivity index (χ2v) is 4.25. The van der Waals surface area contributed by atoms with Crippen molar-refractivity contribution in [2.24, 2.45) is 10.9 Å². The zero-order chi connectivity index (χ0) is 12.8. The second kappa shape index (κ2) is 6.55. The number of hydrogen-bond donors (Lipinski definition) is 0. The van der Waals surface area contributed by atoms with Crippen LogP contribution in [0.3, 0.4) is 0 Å². The molecule has 5 heteroatoms. The fourth-order valence-corrected chi connectivity index (χ4v) is 2.14. The predicted octanol–water partition coefficient (Wildman–Crippen LogP) is 2.11. The van der Waals surface area contributed by atoms with Crippen molar-refractivity contribution in [1.29, 1.82) is 0 Å². The standard InChI is InChI=1S/C12H16ClNO3/c1-3-17-12(16)11-8(2)14-9(5-4-6-15)7-10(11)13/h6-7,9,11H,3-5H2,1-2H3. The summed E-state index contributed by atoms with van der Waals surface area (Å²) in [6, 6.07) is -0.113. The first-order valence-corrected chi connectivity index (χ1v) is 5.99. The number of aldehydes is 1. The molecule has 1 rings (SSSR count). The van der Waals surface area contributed by atoms with Gasteiger partial charge in [0.05, 0.1) is 12.6 Å². The fourth-order valence-electron chi connectivity index (χ4n) is 1.75. The quantitative estimate of drug-likeness (QED) is 0.560. The monoisotopic (exact) mass is 257 g/mol. The summed E-state index contributed by atoms with van der Waals surface area (Å²) in [6.07, 6.45) is 3.63. The Morgan fingerprint density at radius 1 is 1.65 bits per heavy atom. The van der Waals surface area contributed by atoms with E-state index in [1.165, 1.54) is 0 Å². The molecule has 17 heavy (non-hydrogen) atoms. The number of rotatable bonds is 5. The first-order valence-electron chi connectivity index (χ1n) is 5.62. The lowest BCUT2D eigenvalue weighted by Gasteiger charge is -2.22. The average molecular weight is 258 g/mol. The average Bonchev–Trinajstić information content (AvgIpc) is 2.25. The molecule has 1 aliphatic rings. The smallest absolute Gasteiger partial charge is 0.320 e. The molecular formula is C12H16ClNO3. The van der Waals surface area contributed by atoms with E-state index in [1.807, 2.05) is 0 Å². The van der Waals surface area contributed by atoms with Gasteiger partial charge in [-0.1, -0.05) is 11.6 Å². The Kier molecular flexibility index (Phi) is 5.35. The van der Waals surface area contributed by atoms with Crippen molar-refractivity contribution < 1.29 is 14.3 Å². The highest BCUT2D eigenvalue weighted by Gasteiger charge is 2.30. The summed E-state index contributed by atoms with van der Waals surface area (Å²) in [4.78, 5) is 26.3. The number of ether oxygens (including phenoxy) is 1. The molecule has 0 amide bonds. The maximum absolute atomic E-state index is 11.7. The largest absolute Gasteiger partial charge is 0.465 e. The van der Waals surface area contributed by atoms with E-state index in [4.69, 9.17) is 16.3 Å². The van der Waals surface area contributed by atoms with Crippen LogP contribution in [0.25, 0.3) is 0 Å². The van der Waals surface area contributed by atoms with E-state index < -0.39 is 5.92 Å². The lowest BCUT2D eigenvalue weighted by Crippen LogP contribution is -2.29. The number of dihydropyridines is 1. The van der Waals surface area contributed by atoms with E-state index >= 15 is 0 Å². The van der Waals surface area contributed by atoms with Crippen LogP contribution in [0, 0.1) is 5.92 Å². The molecule has 0 bridgehead atoms. The summed E-state index contributed by atoms with van der Waals surface area (Å²) in [5, 5.41) is 0.437. The third-order valence-corrected chi connectivity index (χ3v) is 2.86. The van der Waals surface area contributed by atoms with Gasteiger partial charge in [0.2, 0.25) is 0 Å². The van der Waals surface area contributed by atoms with Crippen LogP contribution in [0.1, 0.15) is 26.7 Å². The maximum Gasteiger partial charge on any atom is 0.320 e. The number of carbonyl (C=O) groups excluding carboxylic acids is 2. The minimum Gasteiger partial charge on any atom is -0.465 e. The van der Waals surface area contributed by atoms with Crippen LogP contribution in [0.5, 0.6) is 0 Å². The summed E-state index contributed by atoms with van der Waals surface area (Å²) < 4.78 is 4.94. The Bertz CT molecular complexity index is 343. The van der Waals surface area contributed by atoms with Gasteiger partial charge < -0.3 is 9.53 Å². The molecule has 1 aliphatic heterocycles. The minimum atomic E-state index is -0.580. The van der Waals surface area contributed by atoms with Gasteiger partial charge >= 0.3 is 5.97 Å². The third-order valence-electron chi connectivity index (χ3n) is 2.52. The molecule has 0 saturated carbocycles. The van der Waals surface area contributed by atoms with E-state index in [-0.39, 0.29) is 12.0 Å². The number of esters is 1. The van der Waals surface area contributed by atoms with Gasteiger partial charge in [-0.3, -0.25) is 9.79 Å². The van der Waals surface area contributed by atoms with Crippen molar-refractivity contribution in [2.45, 2.75) is 32.7 Å². The van der Waals surface area contributed by atoms with Crippen LogP contribution in [-0.2, 0) is 14.3 Å². The Balaban J connectivity index is 2.75. The van der Waals surface area contributed by atoms with Crippen LogP contribution < -0.4 is 0 Å². The Morgan fingerprint density at radius 3 is 2.88 bits per heavy atom. The van der Waals surface area contributed by atoms with Gasteiger partial charge in [-0.15, -0.1) is 0 Å². The Morgan fingerprint density at radius 2 is 2.35 bits per heavy atom. The van der Waals surface area contributed by atoms with Gasteiger partial charge in [-0.2, -0.15) is 0 Å². The molecular weight excluding hydrogens is 242 g/mol. The number of aliphatic imine (C=N–C) groups is 1. The van der Waals surface area contributed by atoms with Crippen molar-refractivity contribution >= 4 is 29.6 Å². The van der Waals surface area contributed by atoms with Gasteiger partial charge in [0.15, 0.2) is 0 Å². The molecule has 0 N–H and O–H groups in total. The lowest BCUT2D eigenvalue weighted by atomic mass is 9.97. The molecule has 0 fully saturated rings. The number of hydrogen-bond acceptors (Lipinski definition) is 4. The molecule has 0 radical (unpaired) electrons. The summed E-state index contributed by atoms with van der Waals surface area (Å²) in [7, 11) is 0. The first-order chi connectivity index (χ1) is 8.10. The fraction of sp³-hybridized carbons (Fsp3) is 0.583. The molecule has 0 aromatic carbocycles. The van der Waals surface area contributed by atoms with Gasteiger partial charge in [0.25, 0.3) is 0 Å². The van der Waals surface area contributed by atoms with Crippen LogP contribution in [0.2, 0.25) is 0 Å². The Hall–Kier alpha value is -1.16. The number of nitrogens with zero attached hydrogens (tertiary/aromatic N) is 1. The first kappa shape index (κ1) is 13.9. The summed E-state index contributed by atoms with van der Waals surface area (Å²) in [6.45, 7) is 3.82. The van der Waals surface area contributed by atoms with Crippen LogP contribution in [0.15, 0.2) is 16.1 Å². The highest BCUT2D eigenvalue weighted by molar-refractivity contribution is 6.34. The Labute approximate surface area is 106 Å². The normalized spacial score (nSPS) is 23.7. The van der Waals surface area contributed by atoms with Crippen LogP contribution in [0.4, 0.5) is 0 Å². The van der Waals surface area contributed by atoms with E-state index in [2.05, 4.69) is 4.99 Å². The van der Waals surface area contributed by atoms with Gasteiger partial charge in [0.1, 0.15) is 12.2 Å². The molecule has 0 aromatic heterocycles. The summed E-state index contributed by atoms with van der Waals surface area (Å²) >= 11 is 6.07. The summed E-state index contributed by atoms with van der Waals surface area (Å²) in [5.41, 5.74) is 0.645. The highest BCUT2D eigenvalue weighted by atomic mass is 35.5. The van der Waals surface area contributed by atoms with Crippen molar-refractivity contribution in [3.63, 3.8) is 0 Å². The second-order valence-electron chi connectivity index (χ2n) is 3.82. The van der Waals surface area contributed by atoms with E-state index in [0.717, 1.165) is 6.29 Å². The lowest BCUT2D eigenvalue weighted by molar-refractivity contribution is -0.144. The third kappa shape index (κ3) is 3.66. The van der Waals surface area contributed by atoms with Gasteiger partial charge in [-0.25, -0.2) is 0 Å². The number of carbonyl (C=O) groups is 2.